The molecule has 92 valence electrons. The quantitative estimate of drug-likeness (QED) is 0.759. The largest absolute Gasteiger partial charge is 0.481 e. The van der Waals surface area contributed by atoms with Gasteiger partial charge in [0.05, 0.1) is 0 Å². The molecule has 0 bridgehead atoms. The fourth-order valence-corrected chi connectivity index (χ4v) is 6.77. The number of fused-ring (bicyclic) bond motifs is 10. The summed E-state index contributed by atoms with van der Waals surface area (Å²) in [4.78, 5) is 10.6. The van der Waals surface area contributed by atoms with Gasteiger partial charge in [0.1, 0.15) is 0 Å². The molecule has 0 aromatic rings. The highest BCUT2D eigenvalue weighted by Crippen LogP contribution is 2.84. The maximum Gasteiger partial charge on any atom is 0.303 e. The molecular formula is C15H20O2. The molecule has 5 aliphatic carbocycles. The van der Waals surface area contributed by atoms with Crippen LogP contribution in [0.3, 0.4) is 0 Å². The molecule has 2 heteroatoms. The van der Waals surface area contributed by atoms with Gasteiger partial charge in [-0.05, 0) is 78.9 Å². The van der Waals surface area contributed by atoms with E-state index in [9.17, 15) is 4.79 Å². The molecule has 5 rings (SSSR count). The first-order valence-electron chi connectivity index (χ1n) is 7.49. The summed E-state index contributed by atoms with van der Waals surface area (Å²) in [6, 6.07) is 0. The van der Waals surface area contributed by atoms with Crippen LogP contribution in [-0.2, 0) is 4.79 Å². The Balaban J connectivity index is 1.26. The van der Waals surface area contributed by atoms with Gasteiger partial charge in [0.25, 0.3) is 0 Å². The van der Waals surface area contributed by atoms with Crippen LogP contribution in [0.2, 0.25) is 0 Å². The van der Waals surface area contributed by atoms with E-state index < -0.39 is 5.97 Å². The van der Waals surface area contributed by atoms with Gasteiger partial charge in [0.15, 0.2) is 0 Å². The average molecular weight is 232 g/mol. The topological polar surface area (TPSA) is 37.3 Å². The van der Waals surface area contributed by atoms with E-state index in [0.717, 1.165) is 59.7 Å². The number of aliphatic carboxylic acids is 1. The van der Waals surface area contributed by atoms with Crippen molar-refractivity contribution in [1.82, 2.24) is 0 Å². The van der Waals surface area contributed by atoms with Crippen molar-refractivity contribution >= 4 is 5.97 Å². The molecule has 5 saturated carbocycles. The molecule has 1 N–H and O–H groups in total. The second kappa shape index (κ2) is 2.73. The monoisotopic (exact) mass is 232 g/mol. The average Bonchev–Trinajstić information content (AvgIpc) is 2.23. The molecule has 0 spiro atoms. The first kappa shape index (κ1) is 9.41. The third-order valence-electron chi connectivity index (χ3n) is 7.43. The van der Waals surface area contributed by atoms with Crippen molar-refractivity contribution in [2.45, 2.75) is 32.1 Å². The molecule has 9 atom stereocenters. The highest BCUT2D eigenvalue weighted by molar-refractivity contribution is 5.66. The zero-order valence-corrected chi connectivity index (χ0v) is 10.1. The Morgan fingerprint density at radius 2 is 1.59 bits per heavy atom. The Labute approximate surface area is 102 Å². The van der Waals surface area contributed by atoms with Gasteiger partial charge in [0, 0.05) is 6.42 Å². The summed E-state index contributed by atoms with van der Waals surface area (Å²) >= 11 is 0. The molecule has 17 heavy (non-hydrogen) atoms. The van der Waals surface area contributed by atoms with Gasteiger partial charge in [-0.25, -0.2) is 0 Å². The molecule has 0 saturated heterocycles. The van der Waals surface area contributed by atoms with E-state index >= 15 is 0 Å². The lowest BCUT2D eigenvalue weighted by molar-refractivity contribution is -0.375. The summed E-state index contributed by atoms with van der Waals surface area (Å²) in [7, 11) is 0. The maximum atomic E-state index is 10.6. The second-order valence-corrected chi connectivity index (χ2v) is 7.38. The molecule has 5 aliphatic rings. The third-order valence-corrected chi connectivity index (χ3v) is 7.43. The van der Waals surface area contributed by atoms with Gasteiger partial charge in [-0.15, -0.1) is 0 Å². The lowest BCUT2D eigenvalue weighted by Gasteiger charge is -2.85. The van der Waals surface area contributed by atoms with E-state index in [0.29, 0.717) is 6.42 Å². The minimum Gasteiger partial charge on any atom is -0.481 e. The number of carboxylic acid groups (broad SMARTS) is 1. The Morgan fingerprint density at radius 1 is 0.941 bits per heavy atom. The summed E-state index contributed by atoms with van der Waals surface area (Å²) in [6.45, 7) is 0. The Morgan fingerprint density at radius 3 is 2.24 bits per heavy atom. The maximum absolute atomic E-state index is 10.6. The number of carbonyl (C=O) groups is 1. The van der Waals surface area contributed by atoms with Gasteiger partial charge in [0.2, 0.25) is 0 Å². The van der Waals surface area contributed by atoms with Gasteiger partial charge in [-0.2, -0.15) is 0 Å². The molecule has 9 unspecified atom stereocenters. The van der Waals surface area contributed by atoms with Gasteiger partial charge in [-0.1, -0.05) is 0 Å². The lowest BCUT2D eigenvalue weighted by atomic mass is 9.20. The number of rotatable bonds is 3. The number of carboxylic acids is 1. The highest BCUT2D eigenvalue weighted by Gasteiger charge is 2.79. The van der Waals surface area contributed by atoms with Gasteiger partial charge in [-0.3, -0.25) is 4.79 Å². The fraction of sp³-hybridized carbons (Fsp3) is 0.933. The van der Waals surface area contributed by atoms with Crippen LogP contribution in [0.1, 0.15) is 32.1 Å². The second-order valence-electron chi connectivity index (χ2n) is 7.38. The first-order valence-corrected chi connectivity index (χ1v) is 7.49. The SMILES string of the molecule is O=C(O)CCC1CC2C1C1C3C4CCC4C3C21. The number of hydrogen-bond acceptors (Lipinski definition) is 1. The summed E-state index contributed by atoms with van der Waals surface area (Å²) in [6.07, 6.45) is 5.80. The van der Waals surface area contributed by atoms with E-state index in [2.05, 4.69) is 0 Å². The third kappa shape index (κ3) is 0.850. The molecule has 0 heterocycles. The van der Waals surface area contributed by atoms with Crippen LogP contribution in [0.5, 0.6) is 0 Å². The summed E-state index contributed by atoms with van der Waals surface area (Å²) in [5, 5.41) is 8.78. The van der Waals surface area contributed by atoms with Crippen LogP contribution >= 0.6 is 0 Å². The Kier molecular flexibility index (Phi) is 1.51. The molecule has 0 aromatic carbocycles. The van der Waals surface area contributed by atoms with Crippen LogP contribution in [-0.4, -0.2) is 11.1 Å². The Bertz CT molecular complexity index is 398. The minimum absolute atomic E-state index is 0.408. The normalized spacial score (nSPS) is 64.1. The van der Waals surface area contributed by atoms with Crippen molar-refractivity contribution < 1.29 is 9.90 Å². The molecule has 0 aromatic heterocycles. The first-order chi connectivity index (χ1) is 8.27. The smallest absolute Gasteiger partial charge is 0.303 e. The minimum atomic E-state index is -0.599. The highest BCUT2D eigenvalue weighted by atomic mass is 16.4. The standard InChI is InChI=1S/C15H20O2/c16-10(17)4-1-6-5-9-11(6)15-13-8-3-2-7(8)12(13)14(9)15/h6-9,11-15H,1-5H2,(H,16,17). The zero-order valence-electron chi connectivity index (χ0n) is 10.1. The molecule has 2 nitrogen and oxygen atoms in total. The van der Waals surface area contributed by atoms with Crippen molar-refractivity contribution in [1.29, 1.82) is 0 Å². The zero-order chi connectivity index (χ0) is 11.3. The summed E-state index contributed by atoms with van der Waals surface area (Å²) in [5.74, 6) is 8.95. The lowest BCUT2D eigenvalue weighted by Crippen LogP contribution is -2.80. The van der Waals surface area contributed by atoms with E-state index in [4.69, 9.17) is 5.11 Å². The van der Waals surface area contributed by atoms with Crippen LogP contribution in [0.4, 0.5) is 0 Å². The van der Waals surface area contributed by atoms with E-state index in [-0.39, 0.29) is 0 Å². The predicted octanol–water partition coefficient (Wildman–Crippen LogP) is 2.64. The molecule has 0 amide bonds. The molecule has 0 radical (unpaired) electrons. The molecule has 0 aliphatic heterocycles. The van der Waals surface area contributed by atoms with Crippen LogP contribution in [0.25, 0.3) is 0 Å². The molecule has 5 fully saturated rings. The van der Waals surface area contributed by atoms with Crippen LogP contribution in [0.15, 0.2) is 0 Å². The number of hydrogen-bond donors (Lipinski definition) is 1. The predicted molar refractivity (Wildman–Crippen MR) is 62.1 cm³/mol. The molecular weight excluding hydrogens is 212 g/mol. The van der Waals surface area contributed by atoms with Gasteiger partial charge >= 0.3 is 5.97 Å². The van der Waals surface area contributed by atoms with E-state index in [1.54, 1.807) is 0 Å². The summed E-state index contributed by atoms with van der Waals surface area (Å²) < 4.78 is 0. The van der Waals surface area contributed by atoms with Crippen molar-refractivity contribution in [3.63, 3.8) is 0 Å². The fourth-order valence-electron chi connectivity index (χ4n) is 6.77. The van der Waals surface area contributed by atoms with Crippen LogP contribution < -0.4 is 0 Å². The van der Waals surface area contributed by atoms with E-state index in [1.807, 2.05) is 0 Å². The van der Waals surface area contributed by atoms with Crippen molar-refractivity contribution in [3.05, 3.63) is 0 Å². The van der Waals surface area contributed by atoms with E-state index in [1.165, 1.54) is 19.3 Å². The van der Waals surface area contributed by atoms with Crippen molar-refractivity contribution in [2.24, 2.45) is 53.3 Å². The van der Waals surface area contributed by atoms with Crippen molar-refractivity contribution in [2.75, 3.05) is 0 Å². The Hall–Kier alpha value is -0.530. The van der Waals surface area contributed by atoms with Crippen LogP contribution in [0, 0.1) is 53.3 Å². The summed E-state index contributed by atoms with van der Waals surface area (Å²) in [5.41, 5.74) is 0. The van der Waals surface area contributed by atoms with Gasteiger partial charge < -0.3 is 5.11 Å². The van der Waals surface area contributed by atoms with Crippen molar-refractivity contribution in [3.8, 4) is 0 Å².